The van der Waals surface area contributed by atoms with Gasteiger partial charge in [0.2, 0.25) is 10.0 Å². The molecule has 1 fully saturated rings. The first-order valence-corrected chi connectivity index (χ1v) is 12.3. The Balaban J connectivity index is 1.64. The van der Waals surface area contributed by atoms with Gasteiger partial charge in [0.1, 0.15) is 0 Å². The second-order valence-corrected chi connectivity index (χ2v) is 10.7. The van der Waals surface area contributed by atoms with Gasteiger partial charge in [-0.3, -0.25) is 4.79 Å². The zero-order valence-corrected chi connectivity index (χ0v) is 19.8. The lowest BCUT2D eigenvalue weighted by atomic mass is 9.94. The number of carbonyl (C=O) groups excluding carboxylic acids is 2. The van der Waals surface area contributed by atoms with Crippen molar-refractivity contribution in [1.82, 2.24) is 4.31 Å². The number of benzene rings is 2. The molecule has 0 aromatic heterocycles. The van der Waals surface area contributed by atoms with Crippen LogP contribution in [0.3, 0.4) is 0 Å². The molecule has 32 heavy (non-hydrogen) atoms. The fourth-order valence-electron chi connectivity index (χ4n) is 3.79. The highest BCUT2D eigenvalue weighted by atomic mass is 35.5. The SMILES string of the molecule is CC1CC(C)CN(S(=O)(=O)c2ccc(C(=O)OC(C)C(=O)Nc3ccccc3Cl)cc2)C1. The maximum atomic E-state index is 13.0. The lowest BCUT2D eigenvalue weighted by molar-refractivity contribution is -0.123. The molecule has 1 aliphatic heterocycles. The summed E-state index contributed by atoms with van der Waals surface area (Å²) in [4.78, 5) is 24.9. The maximum absolute atomic E-state index is 13.0. The van der Waals surface area contributed by atoms with E-state index in [0.29, 0.717) is 35.6 Å². The van der Waals surface area contributed by atoms with E-state index in [0.717, 1.165) is 6.42 Å². The summed E-state index contributed by atoms with van der Waals surface area (Å²) in [6.45, 7) is 6.49. The lowest BCUT2D eigenvalue weighted by Gasteiger charge is -2.34. The minimum atomic E-state index is -3.64. The maximum Gasteiger partial charge on any atom is 0.338 e. The molecule has 2 aromatic carbocycles. The normalized spacial score (nSPS) is 20.4. The molecular formula is C23H27ClN2O5S. The fraction of sp³-hybridized carbons (Fsp3) is 0.391. The van der Waals surface area contributed by atoms with Crippen LogP contribution in [0.1, 0.15) is 37.6 Å². The van der Waals surface area contributed by atoms with Crippen molar-refractivity contribution in [2.24, 2.45) is 11.8 Å². The van der Waals surface area contributed by atoms with E-state index in [4.69, 9.17) is 16.3 Å². The van der Waals surface area contributed by atoms with Crippen molar-refractivity contribution in [3.05, 3.63) is 59.1 Å². The summed E-state index contributed by atoms with van der Waals surface area (Å²) in [6, 6.07) is 12.3. The van der Waals surface area contributed by atoms with Crippen molar-refractivity contribution in [3.8, 4) is 0 Å². The molecule has 0 saturated carbocycles. The molecule has 1 heterocycles. The van der Waals surface area contributed by atoms with Crippen LogP contribution in [-0.2, 0) is 19.6 Å². The number of esters is 1. The topological polar surface area (TPSA) is 92.8 Å². The Kier molecular flexibility index (Phi) is 7.59. The summed E-state index contributed by atoms with van der Waals surface area (Å²) in [5.41, 5.74) is 0.569. The first-order valence-electron chi connectivity index (χ1n) is 10.4. The standard InChI is InChI=1S/C23H27ClN2O5S/c1-15-12-16(2)14-26(13-15)32(29,30)19-10-8-18(9-11-19)23(28)31-17(3)22(27)25-21-7-5-4-6-20(21)24/h4-11,15-17H,12-14H2,1-3H3,(H,25,27). The Morgan fingerprint density at radius 3 is 2.25 bits per heavy atom. The Morgan fingerprint density at radius 2 is 1.66 bits per heavy atom. The van der Waals surface area contributed by atoms with Gasteiger partial charge in [0.05, 0.1) is 21.2 Å². The summed E-state index contributed by atoms with van der Waals surface area (Å²) in [6.07, 6.45) is -0.0718. The van der Waals surface area contributed by atoms with E-state index in [1.807, 2.05) is 13.8 Å². The third-order valence-electron chi connectivity index (χ3n) is 5.35. The number of amides is 1. The molecule has 2 aromatic rings. The van der Waals surface area contributed by atoms with Crippen molar-refractivity contribution < 1.29 is 22.7 Å². The number of halogens is 1. The van der Waals surface area contributed by atoms with Gasteiger partial charge < -0.3 is 10.1 Å². The number of nitrogens with zero attached hydrogens (tertiary/aromatic N) is 1. The van der Waals surface area contributed by atoms with Gasteiger partial charge in [-0.15, -0.1) is 0 Å². The molecule has 3 rings (SSSR count). The summed E-state index contributed by atoms with van der Waals surface area (Å²) >= 11 is 6.02. The highest BCUT2D eigenvalue weighted by Crippen LogP contribution is 2.27. The smallest absolute Gasteiger partial charge is 0.338 e. The van der Waals surface area contributed by atoms with E-state index in [9.17, 15) is 18.0 Å². The fourth-order valence-corrected chi connectivity index (χ4v) is 5.66. The molecule has 0 radical (unpaired) electrons. The number of hydrogen-bond acceptors (Lipinski definition) is 5. The van der Waals surface area contributed by atoms with Crippen molar-refractivity contribution in [1.29, 1.82) is 0 Å². The minimum absolute atomic E-state index is 0.125. The monoisotopic (exact) mass is 478 g/mol. The number of rotatable bonds is 6. The number of para-hydroxylation sites is 1. The Labute approximate surface area is 193 Å². The average molecular weight is 479 g/mol. The second-order valence-electron chi connectivity index (χ2n) is 8.31. The van der Waals surface area contributed by atoms with Gasteiger partial charge in [-0.2, -0.15) is 4.31 Å². The molecular weight excluding hydrogens is 452 g/mol. The summed E-state index contributed by atoms with van der Waals surface area (Å²) in [5.74, 6) is -0.669. The number of hydrogen-bond donors (Lipinski definition) is 1. The minimum Gasteiger partial charge on any atom is -0.449 e. The molecule has 9 heteroatoms. The zero-order chi connectivity index (χ0) is 23.5. The molecule has 1 N–H and O–H groups in total. The van der Waals surface area contributed by atoms with Gasteiger partial charge in [-0.05, 0) is 61.6 Å². The van der Waals surface area contributed by atoms with E-state index in [1.165, 1.54) is 35.5 Å². The van der Waals surface area contributed by atoms with Crippen LogP contribution >= 0.6 is 11.6 Å². The van der Waals surface area contributed by atoms with Crippen LogP contribution in [0.25, 0.3) is 0 Å². The third kappa shape index (κ3) is 5.68. The number of sulfonamides is 1. The van der Waals surface area contributed by atoms with Crippen molar-refractivity contribution in [2.75, 3.05) is 18.4 Å². The number of ether oxygens (including phenoxy) is 1. The van der Waals surface area contributed by atoms with E-state index in [-0.39, 0.29) is 10.5 Å². The quantitative estimate of drug-likeness (QED) is 0.628. The summed E-state index contributed by atoms with van der Waals surface area (Å²) < 4.78 is 32.7. The second kappa shape index (κ2) is 10.0. The van der Waals surface area contributed by atoms with Crippen molar-refractivity contribution in [2.45, 2.75) is 38.2 Å². The highest BCUT2D eigenvalue weighted by molar-refractivity contribution is 7.89. The number of piperidine rings is 1. The van der Waals surface area contributed by atoms with Gasteiger partial charge in [0, 0.05) is 13.1 Å². The number of nitrogens with one attached hydrogen (secondary N) is 1. The first-order chi connectivity index (χ1) is 15.1. The number of anilines is 1. The van der Waals surface area contributed by atoms with Crippen molar-refractivity contribution >= 4 is 39.2 Å². The third-order valence-corrected chi connectivity index (χ3v) is 7.52. The van der Waals surface area contributed by atoms with Gasteiger partial charge in [-0.1, -0.05) is 37.6 Å². The summed E-state index contributed by atoms with van der Waals surface area (Å²) in [5, 5.41) is 2.98. The van der Waals surface area contributed by atoms with E-state index in [2.05, 4.69) is 5.32 Å². The van der Waals surface area contributed by atoms with Crippen LogP contribution in [0.2, 0.25) is 5.02 Å². The Morgan fingerprint density at radius 1 is 1.06 bits per heavy atom. The Hall–Kier alpha value is -2.42. The molecule has 1 amide bonds. The molecule has 1 saturated heterocycles. The molecule has 1 aliphatic rings. The highest BCUT2D eigenvalue weighted by Gasteiger charge is 2.31. The molecule has 7 nitrogen and oxygen atoms in total. The largest absolute Gasteiger partial charge is 0.449 e. The van der Waals surface area contributed by atoms with E-state index < -0.39 is 28.0 Å². The van der Waals surface area contributed by atoms with Gasteiger partial charge in [0.25, 0.3) is 5.91 Å². The molecule has 0 aliphatic carbocycles. The molecule has 172 valence electrons. The molecule has 0 bridgehead atoms. The molecule has 3 unspecified atom stereocenters. The van der Waals surface area contributed by atoms with E-state index in [1.54, 1.807) is 24.3 Å². The number of carbonyl (C=O) groups is 2. The summed E-state index contributed by atoms with van der Waals surface area (Å²) in [7, 11) is -3.64. The van der Waals surface area contributed by atoms with Crippen LogP contribution in [0.5, 0.6) is 0 Å². The van der Waals surface area contributed by atoms with Crippen LogP contribution in [-0.4, -0.2) is 43.8 Å². The van der Waals surface area contributed by atoms with Crippen LogP contribution in [0, 0.1) is 11.8 Å². The van der Waals surface area contributed by atoms with Gasteiger partial charge in [0.15, 0.2) is 6.10 Å². The van der Waals surface area contributed by atoms with Crippen LogP contribution in [0.15, 0.2) is 53.4 Å². The van der Waals surface area contributed by atoms with E-state index >= 15 is 0 Å². The predicted octanol–water partition coefficient (Wildman–Crippen LogP) is 4.19. The van der Waals surface area contributed by atoms with Gasteiger partial charge >= 0.3 is 5.97 Å². The first kappa shape index (κ1) is 24.2. The average Bonchev–Trinajstić information content (AvgIpc) is 2.74. The van der Waals surface area contributed by atoms with Crippen molar-refractivity contribution in [3.63, 3.8) is 0 Å². The Bertz CT molecular complexity index is 1080. The molecule has 3 atom stereocenters. The predicted molar refractivity (Wildman–Crippen MR) is 123 cm³/mol. The molecule has 0 spiro atoms. The van der Waals surface area contributed by atoms with Crippen LogP contribution in [0.4, 0.5) is 5.69 Å². The lowest BCUT2D eigenvalue weighted by Crippen LogP contribution is -2.42. The van der Waals surface area contributed by atoms with Crippen LogP contribution < -0.4 is 5.32 Å². The zero-order valence-electron chi connectivity index (χ0n) is 18.2. The van der Waals surface area contributed by atoms with Gasteiger partial charge in [-0.25, -0.2) is 13.2 Å².